The van der Waals surface area contributed by atoms with Gasteiger partial charge in [-0.05, 0) is 91.0 Å². The Morgan fingerprint density at radius 1 is 1.12 bits per heavy atom. The van der Waals surface area contributed by atoms with E-state index in [-0.39, 0.29) is 0 Å². The number of pyridine rings is 1. The summed E-state index contributed by atoms with van der Waals surface area (Å²) in [5.41, 5.74) is 7.62. The van der Waals surface area contributed by atoms with Crippen LogP contribution >= 0.6 is 0 Å². The first-order valence-electron chi connectivity index (χ1n) is 11.4. The molecule has 0 unspecified atom stereocenters. The van der Waals surface area contributed by atoms with E-state index in [4.69, 9.17) is 4.74 Å². The minimum absolute atomic E-state index is 0.346. The number of hydrogen-bond acceptors (Lipinski definition) is 4. The van der Waals surface area contributed by atoms with Gasteiger partial charge in [-0.1, -0.05) is 12.1 Å². The normalized spacial score (nSPS) is 16.7. The summed E-state index contributed by atoms with van der Waals surface area (Å²) in [4.78, 5) is 17.8. The van der Waals surface area contributed by atoms with E-state index in [1.165, 1.54) is 47.8 Å². The maximum absolute atomic E-state index is 11.5. The number of anilines is 2. The Morgan fingerprint density at radius 2 is 1.94 bits per heavy atom. The number of rotatable bonds is 6. The highest BCUT2D eigenvalue weighted by atomic mass is 16.5. The number of ether oxygens (including phenoxy) is 1. The van der Waals surface area contributed by atoms with Crippen LogP contribution in [0.3, 0.4) is 0 Å². The quantitative estimate of drug-likeness (QED) is 0.559. The van der Waals surface area contributed by atoms with Crippen molar-refractivity contribution in [1.82, 2.24) is 4.98 Å². The van der Waals surface area contributed by atoms with Gasteiger partial charge in [0.05, 0.1) is 12.2 Å². The SMILES string of the molecule is CN(c1ccc2c(c1)CCC2)c1ccc2c(c1)OCC[C@H]2CCc1cnccc1C(=O)O. The van der Waals surface area contributed by atoms with Crippen LogP contribution in [0.2, 0.25) is 0 Å². The molecule has 5 nitrogen and oxygen atoms in total. The molecule has 3 aromatic rings. The molecule has 2 heterocycles. The van der Waals surface area contributed by atoms with Crippen molar-refractivity contribution in [3.05, 3.63) is 82.7 Å². The average Bonchev–Trinajstić information content (AvgIpc) is 3.30. The number of hydrogen-bond donors (Lipinski definition) is 1. The molecule has 0 bridgehead atoms. The lowest BCUT2D eigenvalue weighted by Gasteiger charge is -2.28. The third-order valence-electron chi connectivity index (χ3n) is 6.91. The van der Waals surface area contributed by atoms with E-state index in [9.17, 15) is 9.90 Å². The zero-order chi connectivity index (χ0) is 22.1. The molecular formula is C27H28N2O3. The van der Waals surface area contributed by atoms with Crippen molar-refractivity contribution in [3.63, 3.8) is 0 Å². The molecule has 1 N–H and O–H groups in total. The molecule has 164 valence electrons. The molecule has 0 radical (unpaired) electrons. The number of aromatic carboxylic acids is 1. The van der Waals surface area contributed by atoms with E-state index in [0.29, 0.717) is 24.5 Å². The Kier molecular flexibility index (Phi) is 5.56. The molecule has 5 rings (SSSR count). The van der Waals surface area contributed by atoms with Crippen LogP contribution in [0.25, 0.3) is 0 Å². The summed E-state index contributed by atoms with van der Waals surface area (Å²) in [6, 6.07) is 14.9. The summed E-state index contributed by atoms with van der Waals surface area (Å²) in [5, 5.41) is 9.44. The minimum atomic E-state index is -0.894. The number of aryl methyl sites for hydroxylation is 3. The summed E-state index contributed by atoms with van der Waals surface area (Å²) in [6.45, 7) is 0.683. The summed E-state index contributed by atoms with van der Waals surface area (Å²) >= 11 is 0. The molecule has 2 aromatic carbocycles. The van der Waals surface area contributed by atoms with Gasteiger partial charge in [-0.3, -0.25) is 4.98 Å². The average molecular weight is 429 g/mol. The second kappa shape index (κ2) is 8.65. The van der Waals surface area contributed by atoms with E-state index in [1.54, 1.807) is 12.3 Å². The van der Waals surface area contributed by atoms with Crippen LogP contribution in [0.5, 0.6) is 5.75 Å². The maximum atomic E-state index is 11.5. The predicted octanol–water partition coefficient (Wildman–Crippen LogP) is 5.54. The van der Waals surface area contributed by atoms with Crippen LogP contribution in [-0.2, 0) is 19.3 Å². The fraction of sp³-hybridized carbons (Fsp3) is 0.333. The molecule has 0 saturated heterocycles. The molecule has 1 atom stereocenters. The van der Waals surface area contributed by atoms with Gasteiger partial charge in [0.25, 0.3) is 0 Å². The van der Waals surface area contributed by atoms with Crippen LogP contribution in [0.1, 0.15) is 57.8 Å². The molecule has 0 spiro atoms. The van der Waals surface area contributed by atoms with Crippen LogP contribution in [-0.4, -0.2) is 29.7 Å². The summed E-state index contributed by atoms with van der Waals surface area (Å²) < 4.78 is 6.04. The minimum Gasteiger partial charge on any atom is -0.493 e. The van der Waals surface area contributed by atoms with Crippen molar-refractivity contribution >= 4 is 17.3 Å². The number of aromatic nitrogens is 1. The molecule has 5 heteroatoms. The van der Waals surface area contributed by atoms with Gasteiger partial charge in [-0.25, -0.2) is 4.79 Å². The van der Waals surface area contributed by atoms with Gasteiger partial charge in [-0.15, -0.1) is 0 Å². The smallest absolute Gasteiger partial charge is 0.336 e. The van der Waals surface area contributed by atoms with E-state index in [1.807, 2.05) is 0 Å². The lowest BCUT2D eigenvalue weighted by molar-refractivity contribution is 0.0695. The highest BCUT2D eigenvalue weighted by Crippen LogP contribution is 2.40. The number of carboxylic acid groups (broad SMARTS) is 1. The van der Waals surface area contributed by atoms with Crippen molar-refractivity contribution in [3.8, 4) is 5.75 Å². The van der Waals surface area contributed by atoms with Crippen molar-refractivity contribution < 1.29 is 14.6 Å². The molecule has 1 aliphatic heterocycles. The first kappa shape index (κ1) is 20.6. The highest BCUT2D eigenvalue weighted by Gasteiger charge is 2.23. The number of carbonyl (C=O) groups is 1. The van der Waals surface area contributed by atoms with Crippen molar-refractivity contribution in [2.24, 2.45) is 0 Å². The van der Waals surface area contributed by atoms with Crippen LogP contribution in [0, 0.1) is 0 Å². The molecule has 0 saturated carbocycles. The fourth-order valence-electron chi connectivity index (χ4n) is 5.04. The maximum Gasteiger partial charge on any atom is 0.336 e. The van der Waals surface area contributed by atoms with E-state index in [0.717, 1.165) is 29.8 Å². The van der Waals surface area contributed by atoms with E-state index < -0.39 is 5.97 Å². The van der Waals surface area contributed by atoms with E-state index in [2.05, 4.69) is 53.3 Å². The van der Waals surface area contributed by atoms with Crippen LogP contribution < -0.4 is 9.64 Å². The second-order valence-electron chi connectivity index (χ2n) is 8.80. The lowest BCUT2D eigenvalue weighted by Crippen LogP contribution is -2.17. The number of fused-ring (bicyclic) bond motifs is 2. The third kappa shape index (κ3) is 3.95. The monoisotopic (exact) mass is 428 g/mol. The Hall–Kier alpha value is -3.34. The zero-order valence-electron chi connectivity index (χ0n) is 18.4. The molecule has 1 aromatic heterocycles. The standard InChI is InChI=1S/C27H28N2O3/c1-29(22-8-7-18-3-2-4-20(18)15-22)23-9-10-24-19(12-14-32-26(24)16-23)5-6-21-17-28-13-11-25(21)27(30)31/h7-11,13,15-17,19H,2-6,12,14H2,1H3,(H,30,31)/t19-/m1/s1. The Balaban J connectivity index is 1.34. The lowest BCUT2D eigenvalue weighted by atomic mass is 9.87. The predicted molar refractivity (Wildman–Crippen MR) is 125 cm³/mol. The molecule has 32 heavy (non-hydrogen) atoms. The second-order valence-corrected chi connectivity index (χ2v) is 8.80. The van der Waals surface area contributed by atoms with Crippen LogP contribution in [0.15, 0.2) is 54.9 Å². The Labute approximate surface area is 188 Å². The Bertz CT molecular complexity index is 1160. The van der Waals surface area contributed by atoms with Gasteiger partial charge in [0.1, 0.15) is 5.75 Å². The number of nitrogens with zero attached hydrogens (tertiary/aromatic N) is 2. The zero-order valence-corrected chi connectivity index (χ0v) is 18.4. The summed E-state index contributed by atoms with van der Waals surface area (Å²) in [7, 11) is 2.11. The molecule has 2 aliphatic rings. The van der Waals surface area contributed by atoms with Crippen LogP contribution in [0.4, 0.5) is 11.4 Å². The highest BCUT2D eigenvalue weighted by molar-refractivity contribution is 5.89. The third-order valence-corrected chi connectivity index (χ3v) is 6.91. The number of benzene rings is 2. The van der Waals surface area contributed by atoms with Gasteiger partial charge in [0, 0.05) is 36.9 Å². The summed E-state index contributed by atoms with van der Waals surface area (Å²) in [6.07, 6.45) is 9.35. The van der Waals surface area contributed by atoms with Gasteiger partial charge < -0.3 is 14.7 Å². The van der Waals surface area contributed by atoms with Gasteiger partial charge in [0.15, 0.2) is 0 Å². The first-order valence-corrected chi connectivity index (χ1v) is 11.4. The fourth-order valence-corrected chi connectivity index (χ4v) is 5.04. The van der Waals surface area contributed by atoms with Gasteiger partial charge >= 0.3 is 5.97 Å². The van der Waals surface area contributed by atoms with Gasteiger partial charge in [-0.2, -0.15) is 0 Å². The molecule has 0 amide bonds. The van der Waals surface area contributed by atoms with Crippen molar-refractivity contribution in [1.29, 1.82) is 0 Å². The molecular weight excluding hydrogens is 400 g/mol. The number of carboxylic acids is 1. The Morgan fingerprint density at radius 3 is 2.81 bits per heavy atom. The molecule has 0 fully saturated rings. The van der Waals surface area contributed by atoms with E-state index >= 15 is 0 Å². The van der Waals surface area contributed by atoms with Crippen molar-refractivity contribution in [2.75, 3.05) is 18.6 Å². The van der Waals surface area contributed by atoms with Gasteiger partial charge in [0.2, 0.25) is 0 Å². The van der Waals surface area contributed by atoms with Crippen molar-refractivity contribution in [2.45, 2.75) is 44.4 Å². The largest absolute Gasteiger partial charge is 0.493 e. The first-order chi connectivity index (χ1) is 15.6. The topological polar surface area (TPSA) is 62.7 Å². The summed E-state index contributed by atoms with van der Waals surface area (Å²) in [5.74, 6) is 0.394. The molecule has 1 aliphatic carbocycles.